The SMILES string of the molecule is CC(CC(F)(F)F)NC1CC(C)(C)OC1(C)C. The van der Waals surface area contributed by atoms with Crippen LogP contribution in [0.3, 0.4) is 0 Å². The minimum atomic E-state index is -4.12. The van der Waals surface area contributed by atoms with Crippen molar-refractivity contribution in [1.82, 2.24) is 5.32 Å². The number of hydrogen-bond acceptors (Lipinski definition) is 2. The quantitative estimate of drug-likeness (QED) is 0.833. The second-order valence-corrected chi connectivity index (χ2v) is 6.11. The first kappa shape index (κ1) is 14.8. The Hall–Kier alpha value is -0.290. The maximum atomic E-state index is 12.3. The first-order valence-electron chi connectivity index (χ1n) is 5.94. The first-order valence-corrected chi connectivity index (χ1v) is 5.94. The Kier molecular flexibility index (Phi) is 3.85. The summed E-state index contributed by atoms with van der Waals surface area (Å²) >= 11 is 0. The molecule has 0 aromatic carbocycles. The van der Waals surface area contributed by atoms with Gasteiger partial charge in [-0.15, -0.1) is 0 Å². The Labute approximate surface area is 101 Å². The van der Waals surface area contributed by atoms with Crippen molar-refractivity contribution in [2.75, 3.05) is 0 Å². The summed E-state index contributed by atoms with van der Waals surface area (Å²) < 4.78 is 42.6. The fraction of sp³-hybridized carbons (Fsp3) is 1.00. The lowest BCUT2D eigenvalue weighted by atomic mass is 9.93. The van der Waals surface area contributed by atoms with Crippen LogP contribution in [0.25, 0.3) is 0 Å². The van der Waals surface area contributed by atoms with E-state index in [9.17, 15) is 13.2 Å². The van der Waals surface area contributed by atoms with Gasteiger partial charge >= 0.3 is 6.18 Å². The summed E-state index contributed by atoms with van der Waals surface area (Å²) in [4.78, 5) is 0. The maximum Gasteiger partial charge on any atom is 0.390 e. The molecule has 1 heterocycles. The summed E-state index contributed by atoms with van der Waals surface area (Å²) in [7, 11) is 0. The van der Waals surface area contributed by atoms with Gasteiger partial charge in [0.1, 0.15) is 0 Å². The van der Waals surface area contributed by atoms with Crippen LogP contribution >= 0.6 is 0 Å². The van der Waals surface area contributed by atoms with Gasteiger partial charge in [0.25, 0.3) is 0 Å². The van der Waals surface area contributed by atoms with Crippen LogP contribution in [0.1, 0.15) is 47.5 Å². The summed E-state index contributed by atoms with van der Waals surface area (Å²) in [5.74, 6) is 0. The van der Waals surface area contributed by atoms with Crippen LogP contribution in [0.15, 0.2) is 0 Å². The van der Waals surface area contributed by atoms with Gasteiger partial charge in [-0.05, 0) is 41.0 Å². The molecule has 102 valence electrons. The molecule has 2 unspecified atom stereocenters. The average molecular weight is 253 g/mol. The predicted octanol–water partition coefficient (Wildman–Crippen LogP) is 3.26. The third-order valence-electron chi connectivity index (χ3n) is 3.10. The molecule has 0 aromatic rings. The summed E-state index contributed by atoms with van der Waals surface area (Å²) in [6.07, 6.45) is -4.20. The molecule has 5 heteroatoms. The van der Waals surface area contributed by atoms with Gasteiger partial charge in [0.15, 0.2) is 0 Å². The third kappa shape index (κ3) is 4.47. The zero-order valence-electron chi connectivity index (χ0n) is 11.1. The number of ether oxygens (including phenoxy) is 1. The molecule has 0 saturated carbocycles. The molecule has 1 aliphatic rings. The predicted molar refractivity (Wildman–Crippen MR) is 60.9 cm³/mol. The lowest BCUT2D eigenvalue weighted by molar-refractivity contribution is -0.140. The molecule has 1 aliphatic heterocycles. The molecule has 0 aromatic heterocycles. The lowest BCUT2D eigenvalue weighted by Gasteiger charge is -2.30. The highest BCUT2D eigenvalue weighted by Gasteiger charge is 2.46. The van der Waals surface area contributed by atoms with E-state index in [1.54, 1.807) is 6.92 Å². The number of hydrogen-bond donors (Lipinski definition) is 1. The monoisotopic (exact) mass is 253 g/mol. The molecule has 0 spiro atoms. The van der Waals surface area contributed by atoms with Crippen LogP contribution in [0, 0.1) is 0 Å². The molecule has 1 N–H and O–H groups in total. The molecular weight excluding hydrogens is 231 g/mol. The number of nitrogens with one attached hydrogen (secondary N) is 1. The van der Waals surface area contributed by atoms with Gasteiger partial charge in [0.2, 0.25) is 0 Å². The summed E-state index contributed by atoms with van der Waals surface area (Å²) in [6, 6.07) is -0.633. The number of alkyl halides is 3. The van der Waals surface area contributed by atoms with Gasteiger partial charge in [-0.3, -0.25) is 0 Å². The maximum absolute atomic E-state index is 12.3. The lowest BCUT2D eigenvalue weighted by Crippen LogP contribution is -2.48. The van der Waals surface area contributed by atoms with Gasteiger partial charge in [0.05, 0.1) is 17.6 Å². The first-order chi connectivity index (χ1) is 7.41. The van der Waals surface area contributed by atoms with Crippen LogP contribution in [0.2, 0.25) is 0 Å². The van der Waals surface area contributed by atoms with Crippen molar-refractivity contribution in [3.05, 3.63) is 0 Å². The van der Waals surface area contributed by atoms with Crippen molar-refractivity contribution in [1.29, 1.82) is 0 Å². The Balaban J connectivity index is 2.57. The highest BCUT2D eigenvalue weighted by atomic mass is 19.4. The summed E-state index contributed by atoms with van der Waals surface area (Å²) in [5, 5.41) is 3.04. The molecule has 0 amide bonds. The summed E-state index contributed by atoms with van der Waals surface area (Å²) in [5.41, 5.74) is -0.706. The smallest absolute Gasteiger partial charge is 0.368 e. The van der Waals surface area contributed by atoms with Crippen molar-refractivity contribution >= 4 is 0 Å². The molecule has 1 rings (SSSR count). The van der Waals surface area contributed by atoms with E-state index < -0.39 is 24.2 Å². The van der Waals surface area contributed by atoms with Crippen molar-refractivity contribution in [3.63, 3.8) is 0 Å². The standard InChI is InChI=1S/C12H22F3NO/c1-8(6-12(13,14)15)16-9-7-10(2,3)17-11(9,4)5/h8-9,16H,6-7H2,1-5H3. The van der Waals surface area contributed by atoms with Gasteiger partial charge in [0, 0.05) is 12.1 Å². The van der Waals surface area contributed by atoms with E-state index >= 15 is 0 Å². The van der Waals surface area contributed by atoms with Crippen LogP contribution in [-0.4, -0.2) is 29.5 Å². The molecule has 17 heavy (non-hydrogen) atoms. The van der Waals surface area contributed by atoms with E-state index in [1.807, 2.05) is 27.7 Å². The fourth-order valence-corrected chi connectivity index (χ4v) is 2.57. The number of rotatable bonds is 3. The largest absolute Gasteiger partial charge is 0.390 e. The highest BCUT2D eigenvalue weighted by molar-refractivity contribution is 4.99. The van der Waals surface area contributed by atoms with Gasteiger partial charge < -0.3 is 10.1 Å². The summed E-state index contributed by atoms with van der Waals surface area (Å²) in [6.45, 7) is 9.32. The van der Waals surface area contributed by atoms with Gasteiger partial charge in [-0.25, -0.2) is 0 Å². The van der Waals surface area contributed by atoms with Gasteiger partial charge in [-0.2, -0.15) is 13.2 Å². The second-order valence-electron chi connectivity index (χ2n) is 6.11. The van der Waals surface area contributed by atoms with E-state index in [1.165, 1.54) is 0 Å². The van der Waals surface area contributed by atoms with E-state index in [4.69, 9.17) is 4.74 Å². The third-order valence-corrected chi connectivity index (χ3v) is 3.10. The molecule has 1 fully saturated rings. The van der Waals surface area contributed by atoms with Crippen molar-refractivity contribution < 1.29 is 17.9 Å². The zero-order chi connectivity index (χ0) is 13.5. The fourth-order valence-electron chi connectivity index (χ4n) is 2.57. The molecule has 0 aliphatic carbocycles. The van der Waals surface area contributed by atoms with Crippen LogP contribution < -0.4 is 5.32 Å². The average Bonchev–Trinajstić information content (AvgIpc) is 2.13. The van der Waals surface area contributed by atoms with Crippen molar-refractivity contribution in [2.45, 2.75) is 76.9 Å². The Morgan fingerprint density at radius 3 is 2.18 bits per heavy atom. The molecule has 0 bridgehead atoms. The van der Waals surface area contributed by atoms with Crippen LogP contribution in [0.5, 0.6) is 0 Å². The highest BCUT2D eigenvalue weighted by Crippen LogP contribution is 2.37. The van der Waals surface area contributed by atoms with E-state index in [2.05, 4.69) is 5.32 Å². The van der Waals surface area contributed by atoms with Crippen LogP contribution in [-0.2, 0) is 4.74 Å². The second kappa shape index (κ2) is 4.43. The molecule has 1 saturated heterocycles. The molecular formula is C12H22F3NO. The molecule has 0 radical (unpaired) electrons. The molecule has 2 nitrogen and oxygen atoms in total. The normalized spacial score (nSPS) is 29.3. The van der Waals surface area contributed by atoms with E-state index in [-0.39, 0.29) is 11.6 Å². The van der Waals surface area contributed by atoms with Crippen molar-refractivity contribution in [2.24, 2.45) is 0 Å². The van der Waals surface area contributed by atoms with Crippen molar-refractivity contribution in [3.8, 4) is 0 Å². The number of halogens is 3. The van der Waals surface area contributed by atoms with E-state index in [0.29, 0.717) is 0 Å². The Morgan fingerprint density at radius 1 is 1.29 bits per heavy atom. The van der Waals surface area contributed by atoms with Gasteiger partial charge in [-0.1, -0.05) is 0 Å². The Morgan fingerprint density at radius 2 is 1.82 bits per heavy atom. The Bertz CT molecular complexity index is 273. The zero-order valence-corrected chi connectivity index (χ0v) is 11.1. The minimum Gasteiger partial charge on any atom is -0.368 e. The van der Waals surface area contributed by atoms with Crippen LogP contribution in [0.4, 0.5) is 13.2 Å². The minimum absolute atomic E-state index is 0.0464. The van der Waals surface area contributed by atoms with E-state index in [0.717, 1.165) is 6.42 Å². The molecule has 2 atom stereocenters. The topological polar surface area (TPSA) is 21.3 Å².